The number of aryl methyl sites for hydroxylation is 4. The number of benzene rings is 3. The molecule has 0 spiro atoms. The van der Waals surface area contributed by atoms with Crippen LogP contribution in [0.25, 0.3) is 0 Å². The Bertz CT molecular complexity index is 1600. The highest BCUT2D eigenvalue weighted by Gasteiger charge is 2.35. The Morgan fingerprint density at radius 2 is 1.53 bits per heavy atom. The van der Waals surface area contributed by atoms with Crippen LogP contribution in [-0.4, -0.2) is 21.6 Å². The lowest BCUT2D eigenvalue weighted by molar-refractivity contribution is -0.113. The molecule has 2 amide bonds. The van der Waals surface area contributed by atoms with E-state index in [0.717, 1.165) is 33.5 Å². The maximum absolute atomic E-state index is 13.8. The molecule has 4 aromatic rings. The second-order valence-corrected chi connectivity index (χ2v) is 9.93. The Labute approximate surface area is 222 Å². The molecule has 1 atom stereocenters. The van der Waals surface area contributed by atoms with Gasteiger partial charge in [-0.15, -0.1) is 0 Å². The third-order valence-corrected chi connectivity index (χ3v) is 6.78. The zero-order chi connectivity index (χ0) is 27.0. The lowest BCUT2D eigenvalue weighted by atomic mass is 9.93. The number of nitrogens with one attached hydrogen (secondary N) is 3. The number of amides is 2. The van der Waals surface area contributed by atoms with E-state index in [9.17, 15) is 9.59 Å². The number of carbonyl (C=O) groups is 2. The van der Waals surface area contributed by atoms with Crippen LogP contribution >= 0.6 is 0 Å². The molecule has 192 valence electrons. The summed E-state index contributed by atoms with van der Waals surface area (Å²) in [5.74, 6) is 0.0471. The van der Waals surface area contributed by atoms with Gasteiger partial charge in [0, 0.05) is 17.1 Å². The number of anilines is 3. The average Bonchev–Trinajstić information content (AvgIpc) is 3.28. The van der Waals surface area contributed by atoms with Crippen molar-refractivity contribution in [2.75, 3.05) is 16.0 Å². The van der Waals surface area contributed by atoms with E-state index in [1.807, 2.05) is 101 Å². The summed E-state index contributed by atoms with van der Waals surface area (Å²) in [7, 11) is 0. The smallest absolute Gasteiger partial charge is 0.261 e. The lowest BCUT2D eigenvalue weighted by Crippen LogP contribution is -2.32. The minimum Gasteiger partial charge on any atom is -0.343 e. The number of carbonyl (C=O) groups excluding carboxylic acids is 2. The summed E-state index contributed by atoms with van der Waals surface area (Å²) >= 11 is 0. The van der Waals surface area contributed by atoms with E-state index in [0.29, 0.717) is 28.3 Å². The van der Waals surface area contributed by atoms with Gasteiger partial charge in [-0.2, -0.15) is 5.10 Å². The van der Waals surface area contributed by atoms with Gasteiger partial charge in [0.2, 0.25) is 0 Å². The van der Waals surface area contributed by atoms with Crippen molar-refractivity contribution in [3.05, 3.63) is 118 Å². The van der Waals surface area contributed by atoms with Gasteiger partial charge in [0.1, 0.15) is 17.4 Å². The molecule has 0 aliphatic carbocycles. The Hall–Kier alpha value is -4.65. The molecule has 5 rings (SSSR count). The van der Waals surface area contributed by atoms with Crippen LogP contribution in [0.1, 0.15) is 51.1 Å². The van der Waals surface area contributed by atoms with Gasteiger partial charge in [-0.05, 0) is 69.5 Å². The highest BCUT2D eigenvalue weighted by Crippen LogP contribution is 2.38. The number of allylic oxidation sites excluding steroid dienone is 1. The van der Waals surface area contributed by atoms with Gasteiger partial charge in [0.05, 0.1) is 11.8 Å². The predicted octanol–water partition coefficient (Wildman–Crippen LogP) is 6.30. The van der Waals surface area contributed by atoms with Crippen LogP contribution < -0.4 is 16.0 Å². The van der Waals surface area contributed by atoms with Gasteiger partial charge in [0.15, 0.2) is 0 Å². The number of aromatic nitrogens is 2. The second kappa shape index (κ2) is 10.0. The third kappa shape index (κ3) is 4.83. The first kappa shape index (κ1) is 25.0. The van der Waals surface area contributed by atoms with Gasteiger partial charge in [0.25, 0.3) is 11.8 Å². The first-order chi connectivity index (χ1) is 18.2. The molecule has 0 bridgehead atoms. The number of hydrogen-bond donors (Lipinski definition) is 3. The molecule has 1 aliphatic rings. The van der Waals surface area contributed by atoms with E-state index in [2.05, 4.69) is 21.0 Å². The van der Waals surface area contributed by atoms with Crippen LogP contribution in [0.3, 0.4) is 0 Å². The van der Waals surface area contributed by atoms with Crippen LogP contribution in [0.15, 0.2) is 84.2 Å². The molecule has 0 saturated heterocycles. The van der Waals surface area contributed by atoms with Crippen LogP contribution in [0.2, 0.25) is 0 Å². The standard InChI is InChI=1S/C31H31N5O2/c1-18-8-6-10-23(15-18)28-27(31(38)35-26-13-12-20(3)14-21(26)4)22(5)33-29-25(17-32-36(28)29)30(37)34-24-11-7-9-19(2)16-24/h6-17,28,33H,1-5H3,(H,34,37)(H,35,38)/t28-/m0/s1. The fourth-order valence-corrected chi connectivity index (χ4v) is 4.93. The summed E-state index contributed by atoms with van der Waals surface area (Å²) in [6, 6.07) is 21.1. The molecule has 0 unspecified atom stereocenters. The van der Waals surface area contributed by atoms with Gasteiger partial charge >= 0.3 is 0 Å². The summed E-state index contributed by atoms with van der Waals surface area (Å²) in [6.07, 6.45) is 1.55. The zero-order valence-electron chi connectivity index (χ0n) is 22.2. The Morgan fingerprint density at radius 3 is 2.24 bits per heavy atom. The Kier molecular flexibility index (Phi) is 6.59. The van der Waals surface area contributed by atoms with E-state index >= 15 is 0 Å². The minimum atomic E-state index is -0.516. The molecule has 38 heavy (non-hydrogen) atoms. The van der Waals surface area contributed by atoms with Crippen LogP contribution in [0.4, 0.5) is 17.2 Å². The zero-order valence-corrected chi connectivity index (χ0v) is 22.2. The predicted molar refractivity (Wildman–Crippen MR) is 152 cm³/mol. The van der Waals surface area contributed by atoms with Crippen molar-refractivity contribution in [3.8, 4) is 0 Å². The molecule has 1 aromatic heterocycles. The Balaban J connectivity index is 1.55. The summed E-state index contributed by atoms with van der Waals surface area (Å²) in [5.41, 5.74) is 8.22. The van der Waals surface area contributed by atoms with E-state index in [1.54, 1.807) is 10.9 Å². The van der Waals surface area contributed by atoms with Crippen LogP contribution in [0, 0.1) is 27.7 Å². The topological polar surface area (TPSA) is 88.0 Å². The monoisotopic (exact) mass is 505 g/mol. The van der Waals surface area contributed by atoms with Crippen molar-refractivity contribution < 1.29 is 9.59 Å². The van der Waals surface area contributed by atoms with E-state index in [1.165, 1.54) is 0 Å². The van der Waals surface area contributed by atoms with E-state index in [4.69, 9.17) is 0 Å². The van der Waals surface area contributed by atoms with E-state index in [-0.39, 0.29) is 11.8 Å². The molecule has 1 aliphatic heterocycles. The second-order valence-electron chi connectivity index (χ2n) is 9.93. The van der Waals surface area contributed by atoms with Gasteiger partial charge < -0.3 is 16.0 Å². The van der Waals surface area contributed by atoms with Crippen molar-refractivity contribution in [2.24, 2.45) is 0 Å². The largest absolute Gasteiger partial charge is 0.343 e. The first-order valence-electron chi connectivity index (χ1n) is 12.6. The highest BCUT2D eigenvalue weighted by atomic mass is 16.2. The lowest BCUT2D eigenvalue weighted by Gasteiger charge is -2.30. The molecule has 0 saturated carbocycles. The molecule has 0 fully saturated rings. The van der Waals surface area contributed by atoms with Gasteiger partial charge in [-0.3, -0.25) is 9.59 Å². The van der Waals surface area contributed by atoms with E-state index < -0.39 is 6.04 Å². The maximum atomic E-state index is 13.8. The molecule has 3 aromatic carbocycles. The van der Waals surface area contributed by atoms with Gasteiger partial charge in [-0.25, -0.2) is 4.68 Å². The summed E-state index contributed by atoms with van der Waals surface area (Å²) in [6.45, 7) is 9.85. The van der Waals surface area contributed by atoms with Crippen molar-refractivity contribution in [1.82, 2.24) is 9.78 Å². The number of hydrogen-bond acceptors (Lipinski definition) is 4. The third-order valence-electron chi connectivity index (χ3n) is 6.78. The number of nitrogens with zero attached hydrogens (tertiary/aromatic N) is 2. The van der Waals surface area contributed by atoms with Crippen molar-refractivity contribution in [2.45, 2.75) is 40.7 Å². The number of rotatable bonds is 5. The molecular formula is C31H31N5O2. The molecule has 0 radical (unpaired) electrons. The molecular weight excluding hydrogens is 474 g/mol. The normalized spacial score (nSPS) is 14.5. The summed E-state index contributed by atoms with van der Waals surface area (Å²) in [5, 5.41) is 14.0. The van der Waals surface area contributed by atoms with Crippen molar-refractivity contribution in [1.29, 1.82) is 0 Å². The summed E-state index contributed by atoms with van der Waals surface area (Å²) in [4.78, 5) is 27.1. The Morgan fingerprint density at radius 1 is 0.816 bits per heavy atom. The minimum absolute atomic E-state index is 0.222. The van der Waals surface area contributed by atoms with Crippen LogP contribution in [-0.2, 0) is 4.79 Å². The molecule has 7 heteroatoms. The quantitative estimate of drug-likeness (QED) is 0.297. The van der Waals surface area contributed by atoms with Crippen molar-refractivity contribution >= 4 is 29.0 Å². The molecule has 3 N–H and O–H groups in total. The number of fused-ring (bicyclic) bond motifs is 1. The maximum Gasteiger partial charge on any atom is 0.261 e. The van der Waals surface area contributed by atoms with Crippen LogP contribution in [0.5, 0.6) is 0 Å². The van der Waals surface area contributed by atoms with Gasteiger partial charge in [-0.1, -0.05) is 59.7 Å². The first-order valence-corrected chi connectivity index (χ1v) is 12.6. The highest BCUT2D eigenvalue weighted by molar-refractivity contribution is 6.09. The summed E-state index contributed by atoms with van der Waals surface area (Å²) < 4.78 is 1.73. The molecule has 7 nitrogen and oxygen atoms in total. The molecule has 2 heterocycles. The van der Waals surface area contributed by atoms with Crippen molar-refractivity contribution in [3.63, 3.8) is 0 Å². The SMILES string of the molecule is CC1=C(C(=O)Nc2ccc(C)cc2C)[C@H](c2cccc(C)c2)n2ncc(C(=O)Nc3cccc(C)c3)c2N1. The fourth-order valence-electron chi connectivity index (χ4n) is 4.93. The average molecular weight is 506 g/mol. The fraction of sp³-hybridized carbons (Fsp3) is 0.194.